The van der Waals surface area contributed by atoms with E-state index in [2.05, 4.69) is 16.3 Å². The predicted octanol–water partition coefficient (Wildman–Crippen LogP) is 4.40. The quantitative estimate of drug-likeness (QED) is 0.798. The highest BCUT2D eigenvalue weighted by Crippen LogP contribution is 2.46. The van der Waals surface area contributed by atoms with Gasteiger partial charge in [-0.25, -0.2) is 4.39 Å². The molecule has 1 unspecified atom stereocenters. The summed E-state index contributed by atoms with van der Waals surface area (Å²) < 4.78 is 19.7. The van der Waals surface area contributed by atoms with Crippen molar-refractivity contribution in [2.75, 3.05) is 13.1 Å². The molecule has 1 atom stereocenters. The highest BCUT2D eigenvalue weighted by atomic mass is 19.1. The molecule has 30 heavy (non-hydrogen) atoms. The van der Waals surface area contributed by atoms with E-state index < -0.39 is 0 Å². The van der Waals surface area contributed by atoms with Crippen LogP contribution in [0.2, 0.25) is 0 Å². The molecule has 5 heteroatoms. The summed E-state index contributed by atoms with van der Waals surface area (Å²) in [7, 11) is 0. The van der Waals surface area contributed by atoms with Crippen molar-refractivity contribution in [2.45, 2.75) is 62.6 Å². The molecule has 2 aromatic carbocycles. The molecule has 2 fully saturated rings. The molecule has 2 aliphatic heterocycles. The summed E-state index contributed by atoms with van der Waals surface area (Å²) in [5.41, 5.74) is 2.11. The summed E-state index contributed by atoms with van der Waals surface area (Å²) in [6.07, 6.45) is 5.56. The van der Waals surface area contributed by atoms with Crippen molar-refractivity contribution in [3.05, 3.63) is 65.5 Å². The number of halogens is 1. The minimum atomic E-state index is -0.196. The van der Waals surface area contributed by atoms with Crippen LogP contribution in [0, 0.1) is 5.82 Å². The van der Waals surface area contributed by atoms with Crippen molar-refractivity contribution in [3.8, 4) is 5.75 Å². The molecule has 3 aliphatic rings. The number of nitrogens with zero attached hydrogens (tertiary/aromatic N) is 1. The molecular formula is C25H29FN2O2. The lowest BCUT2D eigenvalue weighted by molar-refractivity contribution is -0.122. The Hall–Kier alpha value is -2.40. The van der Waals surface area contributed by atoms with Crippen LogP contribution in [0.4, 0.5) is 4.39 Å². The van der Waals surface area contributed by atoms with Gasteiger partial charge in [-0.1, -0.05) is 30.3 Å². The third kappa shape index (κ3) is 4.36. The summed E-state index contributed by atoms with van der Waals surface area (Å²) in [6, 6.07) is 15.4. The second kappa shape index (κ2) is 8.03. The number of hydrogen-bond donors (Lipinski definition) is 1. The monoisotopic (exact) mass is 408 g/mol. The topological polar surface area (TPSA) is 41.6 Å². The van der Waals surface area contributed by atoms with Gasteiger partial charge in [-0.15, -0.1) is 0 Å². The molecule has 158 valence electrons. The average Bonchev–Trinajstić information content (AvgIpc) is 3.55. The van der Waals surface area contributed by atoms with Crippen LogP contribution in [0.3, 0.4) is 0 Å². The van der Waals surface area contributed by atoms with E-state index in [0.717, 1.165) is 63.1 Å². The largest absolute Gasteiger partial charge is 0.487 e. The van der Waals surface area contributed by atoms with Gasteiger partial charge in [0.1, 0.15) is 17.2 Å². The Kier molecular flexibility index (Phi) is 5.23. The number of carbonyl (C=O) groups is 1. The molecule has 1 aliphatic carbocycles. The first-order chi connectivity index (χ1) is 14.6. The molecule has 4 nitrogen and oxygen atoms in total. The van der Waals surface area contributed by atoms with Gasteiger partial charge in [0, 0.05) is 38.0 Å². The van der Waals surface area contributed by atoms with E-state index in [-0.39, 0.29) is 23.2 Å². The van der Waals surface area contributed by atoms with E-state index in [0.29, 0.717) is 12.5 Å². The third-order valence-electron chi connectivity index (χ3n) is 6.76. The van der Waals surface area contributed by atoms with E-state index in [4.69, 9.17) is 4.74 Å². The molecule has 1 saturated heterocycles. The number of rotatable bonds is 5. The maximum atomic E-state index is 13.2. The molecule has 1 saturated carbocycles. The number of amides is 1. The smallest absolute Gasteiger partial charge is 0.220 e. The van der Waals surface area contributed by atoms with Crippen LogP contribution in [0.5, 0.6) is 5.75 Å². The van der Waals surface area contributed by atoms with Crippen LogP contribution in [0.15, 0.2) is 48.5 Å². The number of piperidine rings is 1. The van der Waals surface area contributed by atoms with E-state index >= 15 is 0 Å². The fourth-order valence-electron chi connectivity index (χ4n) is 4.94. The molecule has 0 radical (unpaired) electrons. The maximum absolute atomic E-state index is 13.2. The second-order valence-electron chi connectivity index (χ2n) is 9.17. The maximum Gasteiger partial charge on any atom is 0.220 e. The van der Waals surface area contributed by atoms with Gasteiger partial charge in [-0.2, -0.15) is 0 Å². The summed E-state index contributed by atoms with van der Waals surface area (Å²) >= 11 is 0. The number of likely N-dealkylation sites (tertiary alicyclic amines) is 1. The SMILES string of the molecule is O=C(CC1CC2(CCN(Cc3ccc(F)cc3)CC2)Oc2ccccc21)NC1CC1. The highest BCUT2D eigenvalue weighted by molar-refractivity contribution is 5.77. The number of para-hydroxylation sites is 1. The minimum absolute atomic E-state index is 0.170. The van der Waals surface area contributed by atoms with Crippen LogP contribution in [-0.2, 0) is 11.3 Å². The fraction of sp³-hybridized carbons (Fsp3) is 0.480. The normalized spacial score (nSPS) is 22.9. The zero-order chi connectivity index (χ0) is 20.6. The van der Waals surface area contributed by atoms with E-state index in [1.165, 1.54) is 17.7 Å². The lowest BCUT2D eigenvalue weighted by Crippen LogP contribution is -2.50. The van der Waals surface area contributed by atoms with Crippen LogP contribution in [0.1, 0.15) is 55.6 Å². The van der Waals surface area contributed by atoms with Crippen molar-refractivity contribution in [1.82, 2.24) is 10.2 Å². The molecule has 5 rings (SSSR count). The number of carbonyl (C=O) groups excluding carboxylic acids is 1. The second-order valence-corrected chi connectivity index (χ2v) is 9.17. The van der Waals surface area contributed by atoms with Crippen molar-refractivity contribution in [2.24, 2.45) is 0 Å². The van der Waals surface area contributed by atoms with Crippen LogP contribution < -0.4 is 10.1 Å². The molecule has 2 heterocycles. The van der Waals surface area contributed by atoms with Gasteiger partial charge >= 0.3 is 0 Å². The lowest BCUT2D eigenvalue weighted by Gasteiger charge is -2.47. The first kappa shape index (κ1) is 19.6. The summed E-state index contributed by atoms with van der Waals surface area (Å²) in [6.45, 7) is 2.72. The standard InChI is InChI=1S/C25H29FN2O2/c26-20-7-5-18(6-8-20)17-28-13-11-25(12-14-28)16-19(15-24(29)27-21-9-10-21)22-3-1-2-4-23(22)30-25/h1-8,19,21H,9-17H2,(H,27,29). The van der Waals surface area contributed by atoms with Crippen molar-refractivity contribution in [1.29, 1.82) is 0 Å². The van der Waals surface area contributed by atoms with Gasteiger partial charge in [0.2, 0.25) is 5.91 Å². The number of hydrogen-bond acceptors (Lipinski definition) is 3. The number of benzene rings is 2. The molecule has 0 bridgehead atoms. The zero-order valence-corrected chi connectivity index (χ0v) is 17.3. The molecule has 0 aromatic heterocycles. The van der Waals surface area contributed by atoms with Crippen molar-refractivity contribution >= 4 is 5.91 Å². The lowest BCUT2D eigenvalue weighted by atomic mass is 9.76. The Bertz CT molecular complexity index is 902. The first-order valence-corrected chi connectivity index (χ1v) is 11.1. The number of nitrogens with one attached hydrogen (secondary N) is 1. The molecule has 1 spiro atoms. The first-order valence-electron chi connectivity index (χ1n) is 11.1. The third-order valence-corrected chi connectivity index (χ3v) is 6.76. The van der Waals surface area contributed by atoms with Crippen molar-refractivity contribution < 1.29 is 13.9 Å². The molecular weight excluding hydrogens is 379 g/mol. The van der Waals surface area contributed by atoms with E-state index in [1.54, 1.807) is 0 Å². The van der Waals surface area contributed by atoms with Gasteiger partial charge in [0.25, 0.3) is 0 Å². The van der Waals surface area contributed by atoms with Gasteiger partial charge in [0.15, 0.2) is 0 Å². The summed E-state index contributed by atoms with van der Waals surface area (Å²) in [4.78, 5) is 14.9. The highest BCUT2D eigenvalue weighted by Gasteiger charge is 2.43. The van der Waals surface area contributed by atoms with Gasteiger partial charge in [0.05, 0.1) is 0 Å². The number of ether oxygens (including phenoxy) is 1. The fourth-order valence-corrected chi connectivity index (χ4v) is 4.94. The average molecular weight is 409 g/mol. The molecule has 2 aromatic rings. The van der Waals surface area contributed by atoms with Gasteiger partial charge in [-0.3, -0.25) is 9.69 Å². The van der Waals surface area contributed by atoms with Gasteiger partial charge in [-0.05, 0) is 61.4 Å². The minimum Gasteiger partial charge on any atom is -0.487 e. The van der Waals surface area contributed by atoms with Gasteiger partial charge < -0.3 is 10.1 Å². The van der Waals surface area contributed by atoms with Crippen LogP contribution in [0.25, 0.3) is 0 Å². The Labute approximate surface area is 177 Å². The summed E-state index contributed by atoms with van der Waals surface area (Å²) in [5.74, 6) is 1.13. The van der Waals surface area contributed by atoms with Crippen molar-refractivity contribution in [3.63, 3.8) is 0 Å². The van der Waals surface area contributed by atoms with Crippen LogP contribution >= 0.6 is 0 Å². The Morgan fingerprint density at radius 3 is 2.57 bits per heavy atom. The van der Waals surface area contributed by atoms with E-state index in [9.17, 15) is 9.18 Å². The Morgan fingerprint density at radius 2 is 1.83 bits per heavy atom. The molecule has 1 N–H and O–H groups in total. The predicted molar refractivity (Wildman–Crippen MR) is 114 cm³/mol. The number of fused-ring (bicyclic) bond motifs is 1. The molecule has 1 amide bonds. The van der Waals surface area contributed by atoms with Crippen LogP contribution in [-0.4, -0.2) is 35.5 Å². The zero-order valence-electron chi connectivity index (χ0n) is 17.3. The summed E-state index contributed by atoms with van der Waals surface area (Å²) in [5, 5.41) is 3.15. The Balaban J connectivity index is 1.26. The van der Waals surface area contributed by atoms with E-state index in [1.807, 2.05) is 30.3 Å². The Morgan fingerprint density at radius 1 is 1.10 bits per heavy atom.